The maximum atomic E-state index is 13.2. The SMILES string of the molecule is CSc1sc(C(=N)N)cc1S(=O)(=O)c1cccc(-c2ncccc2C)c1.O=C(O)C(F)(F)F.O=C(O)C(F)(F)F. The van der Waals surface area contributed by atoms with Gasteiger partial charge < -0.3 is 15.9 Å². The van der Waals surface area contributed by atoms with Crippen LogP contribution in [0.1, 0.15) is 10.4 Å². The summed E-state index contributed by atoms with van der Waals surface area (Å²) in [5, 5.41) is 21.8. The van der Waals surface area contributed by atoms with E-state index in [2.05, 4.69) is 4.98 Å². The first-order valence-electron chi connectivity index (χ1n) is 10.1. The second-order valence-corrected chi connectivity index (χ2v) is 11.2. The molecule has 0 fully saturated rings. The summed E-state index contributed by atoms with van der Waals surface area (Å²) in [7, 11) is -3.73. The maximum Gasteiger partial charge on any atom is 0.490 e. The summed E-state index contributed by atoms with van der Waals surface area (Å²) in [6.45, 7) is 1.94. The molecule has 0 bridgehead atoms. The summed E-state index contributed by atoms with van der Waals surface area (Å²) in [5.41, 5.74) is 8.01. The molecule has 0 aliphatic carbocycles. The Morgan fingerprint density at radius 3 is 1.95 bits per heavy atom. The number of hydrogen-bond donors (Lipinski definition) is 4. The summed E-state index contributed by atoms with van der Waals surface area (Å²) in [6, 6.07) is 12.0. The van der Waals surface area contributed by atoms with Gasteiger partial charge in [-0.05, 0) is 43.0 Å². The number of hydrogen-bond acceptors (Lipinski definition) is 8. The van der Waals surface area contributed by atoms with Gasteiger partial charge in [-0.3, -0.25) is 10.4 Å². The minimum absolute atomic E-state index is 0.135. The highest BCUT2D eigenvalue weighted by Crippen LogP contribution is 2.37. The number of carboxylic acid groups (broad SMARTS) is 2. The smallest absolute Gasteiger partial charge is 0.475 e. The lowest BCUT2D eigenvalue weighted by Gasteiger charge is -2.08. The third-order valence-corrected chi connectivity index (χ3v) is 8.66. The van der Waals surface area contributed by atoms with Crippen molar-refractivity contribution in [2.24, 2.45) is 5.73 Å². The second kappa shape index (κ2) is 13.6. The van der Waals surface area contributed by atoms with Gasteiger partial charge in [0.1, 0.15) is 5.84 Å². The van der Waals surface area contributed by atoms with Gasteiger partial charge in [-0.25, -0.2) is 18.0 Å². The minimum Gasteiger partial charge on any atom is -0.475 e. The number of thioether (sulfide) groups is 1. The molecular weight excluding hydrogens is 612 g/mol. The Bertz CT molecular complexity index is 1460. The van der Waals surface area contributed by atoms with Gasteiger partial charge in [0, 0.05) is 11.8 Å². The van der Waals surface area contributed by atoms with Crippen LogP contribution in [0.15, 0.2) is 62.7 Å². The van der Waals surface area contributed by atoms with Crippen LogP contribution in [0.3, 0.4) is 0 Å². The van der Waals surface area contributed by atoms with E-state index >= 15 is 0 Å². The minimum atomic E-state index is -5.08. The van der Waals surface area contributed by atoms with Gasteiger partial charge in [0.25, 0.3) is 0 Å². The number of carboxylic acids is 2. The molecule has 0 unspecified atom stereocenters. The molecule has 0 aliphatic rings. The van der Waals surface area contributed by atoms with Crippen molar-refractivity contribution < 1.29 is 54.6 Å². The summed E-state index contributed by atoms with van der Waals surface area (Å²) in [4.78, 5) is 23.0. The summed E-state index contributed by atoms with van der Waals surface area (Å²) < 4.78 is 90.5. The number of thiophene rings is 1. The van der Waals surface area contributed by atoms with Crippen molar-refractivity contribution in [2.75, 3.05) is 6.26 Å². The molecule has 0 aliphatic heterocycles. The highest BCUT2D eigenvalue weighted by Gasteiger charge is 2.38. The van der Waals surface area contributed by atoms with Gasteiger partial charge in [0.15, 0.2) is 0 Å². The van der Waals surface area contributed by atoms with Crippen molar-refractivity contribution in [2.45, 2.75) is 33.3 Å². The number of benzene rings is 1. The Kier molecular flexibility index (Phi) is 11.7. The quantitative estimate of drug-likeness (QED) is 0.127. The van der Waals surface area contributed by atoms with Crippen LogP contribution in [0.2, 0.25) is 0 Å². The van der Waals surface area contributed by atoms with Crippen LogP contribution in [0, 0.1) is 12.3 Å². The molecular formula is C22H19F6N3O6S3. The lowest BCUT2D eigenvalue weighted by atomic mass is 10.1. The first kappa shape index (κ1) is 34.4. The van der Waals surface area contributed by atoms with Crippen LogP contribution in [-0.4, -0.2) is 60.0 Å². The van der Waals surface area contributed by atoms with E-state index in [4.69, 9.17) is 30.9 Å². The van der Waals surface area contributed by atoms with Crippen molar-refractivity contribution >= 4 is 50.7 Å². The topological polar surface area (TPSA) is 171 Å². The fourth-order valence-corrected chi connectivity index (χ4v) is 6.45. The van der Waals surface area contributed by atoms with E-state index in [9.17, 15) is 34.8 Å². The van der Waals surface area contributed by atoms with Gasteiger partial charge >= 0.3 is 24.3 Å². The van der Waals surface area contributed by atoms with E-state index in [1.165, 1.54) is 29.2 Å². The number of pyridine rings is 1. The normalized spacial score (nSPS) is 11.4. The number of alkyl halides is 6. The average Bonchev–Trinajstić information content (AvgIpc) is 3.30. The number of halogens is 6. The van der Waals surface area contributed by atoms with Gasteiger partial charge in [-0.15, -0.1) is 23.1 Å². The summed E-state index contributed by atoms with van der Waals surface area (Å²) >= 11 is 2.55. The van der Waals surface area contributed by atoms with Crippen LogP contribution in [0.5, 0.6) is 0 Å². The third kappa shape index (κ3) is 9.53. The molecule has 218 valence electrons. The average molecular weight is 632 g/mol. The number of nitrogens with two attached hydrogens (primary N) is 1. The number of nitrogens with one attached hydrogen (secondary N) is 1. The lowest BCUT2D eigenvalue weighted by Crippen LogP contribution is -2.21. The zero-order chi connectivity index (χ0) is 31.1. The van der Waals surface area contributed by atoms with Crippen LogP contribution in [0.25, 0.3) is 11.3 Å². The number of sulfone groups is 1. The Morgan fingerprint density at radius 1 is 1.00 bits per heavy atom. The van der Waals surface area contributed by atoms with E-state index in [1.54, 1.807) is 24.4 Å². The number of aliphatic carboxylic acids is 2. The number of nitrogens with zero attached hydrogens (tertiary/aromatic N) is 1. The molecule has 3 rings (SSSR count). The molecule has 9 nitrogen and oxygen atoms in total. The number of aromatic nitrogens is 1. The highest BCUT2D eigenvalue weighted by molar-refractivity contribution is 8.01. The predicted octanol–water partition coefficient (Wildman–Crippen LogP) is 5.22. The monoisotopic (exact) mass is 631 g/mol. The zero-order valence-corrected chi connectivity index (χ0v) is 22.6. The predicted molar refractivity (Wildman–Crippen MR) is 134 cm³/mol. The van der Waals surface area contributed by atoms with Crippen molar-refractivity contribution in [3.63, 3.8) is 0 Å². The molecule has 3 aromatic rings. The van der Waals surface area contributed by atoms with E-state index in [0.29, 0.717) is 9.09 Å². The van der Waals surface area contributed by atoms with E-state index in [0.717, 1.165) is 16.8 Å². The van der Waals surface area contributed by atoms with E-state index in [-0.39, 0.29) is 15.6 Å². The lowest BCUT2D eigenvalue weighted by molar-refractivity contribution is -0.193. The number of carbonyl (C=O) groups is 2. The number of aryl methyl sites for hydroxylation is 1. The van der Waals surface area contributed by atoms with Gasteiger partial charge in [0.2, 0.25) is 9.84 Å². The molecule has 0 saturated carbocycles. The van der Waals surface area contributed by atoms with Crippen molar-refractivity contribution in [1.29, 1.82) is 5.41 Å². The summed E-state index contributed by atoms with van der Waals surface area (Å²) in [5.74, 6) is -5.65. The van der Waals surface area contributed by atoms with Crippen LogP contribution >= 0.6 is 23.1 Å². The first-order chi connectivity index (χ1) is 18.2. The highest BCUT2D eigenvalue weighted by atomic mass is 32.2. The van der Waals surface area contributed by atoms with Crippen LogP contribution in [0.4, 0.5) is 26.3 Å². The number of nitrogen functional groups attached to an aromatic ring is 1. The number of amidine groups is 1. The molecule has 40 heavy (non-hydrogen) atoms. The first-order valence-corrected chi connectivity index (χ1v) is 13.7. The molecule has 0 amide bonds. The standard InChI is InChI=1S/C18H17N3O2S3.2C2HF3O2/c1-11-5-4-8-21-16(11)12-6-3-7-13(9-12)26(22,23)15-10-14(17(19)20)25-18(15)24-2;2*3-2(4,5)1(6)7/h3-10H,1-2H3,(H3,19,20);2*(H,6,7). The van der Waals surface area contributed by atoms with Crippen molar-refractivity contribution in [3.8, 4) is 11.3 Å². The van der Waals surface area contributed by atoms with Crippen molar-refractivity contribution in [1.82, 2.24) is 4.98 Å². The molecule has 5 N–H and O–H groups in total. The van der Waals surface area contributed by atoms with E-state index < -0.39 is 34.1 Å². The second-order valence-electron chi connectivity index (χ2n) is 7.19. The molecule has 0 spiro atoms. The molecule has 0 atom stereocenters. The molecule has 0 radical (unpaired) electrons. The molecule has 2 heterocycles. The third-order valence-electron chi connectivity index (χ3n) is 4.32. The summed E-state index contributed by atoms with van der Waals surface area (Å²) in [6.07, 6.45) is -6.67. The van der Waals surface area contributed by atoms with Crippen molar-refractivity contribution in [3.05, 3.63) is 59.1 Å². The molecule has 1 aromatic carbocycles. The van der Waals surface area contributed by atoms with Gasteiger partial charge in [0.05, 0.1) is 24.6 Å². The Hall–Kier alpha value is -3.64. The van der Waals surface area contributed by atoms with Gasteiger partial charge in [-0.2, -0.15) is 26.3 Å². The molecule has 18 heteroatoms. The fraction of sp³-hybridized carbons (Fsp3) is 0.182. The van der Waals surface area contributed by atoms with Crippen LogP contribution < -0.4 is 5.73 Å². The Labute approximate surface area is 231 Å². The fourth-order valence-electron chi connectivity index (χ4n) is 2.55. The zero-order valence-electron chi connectivity index (χ0n) is 20.2. The molecule has 0 saturated heterocycles. The largest absolute Gasteiger partial charge is 0.490 e. The van der Waals surface area contributed by atoms with Crippen LogP contribution in [-0.2, 0) is 19.4 Å². The Balaban J connectivity index is 0.000000473. The maximum absolute atomic E-state index is 13.2. The molecule has 2 aromatic heterocycles. The van der Waals surface area contributed by atoms with E-state index in [1.807, 2.05) is 31.4 Å². The van der Waals surface area contributed by atoms with Gasteiger partial charge in [-0.1, -0.05) is 18.2 Å². The number of rotatable bonds is 5. The Morgan fingerprint density at radius 2 is 1.52 bits per heavy atom.